The first-order chi connectivity index (χ1) is 12.4. The summed E-state index contributed by atoms with van der Waals surface area (Å²) in [5.74, 6) is 0.708. The average Bonchev–Trinajstić information content (AvgIpc) is 3.02. The van der Waals surface area contributed by atoms with Gasteiger partial charge in [-0.15, -0.1) is 0 Å². The maximum absolute atomic E-state index is 11.3. The molecule has 134 valence electrons. The topological polar surface area (TPSA) is 127 Å². The van der Waals surface area contributed by atoms with Gasteiger partial charge in [-0.05, 0) is 24.1 Å². The van der Waals surface area contributed by atoms with Crippen LogP contribution in [0.1, 0.15) is 25.7 Å². The van der Waals surface area contributed by atoms with Crippen molar-refractivity contribution in [1.82, 2.24) is 9.97 Å². The summed E-state index contributed by atoms with van der Waals surface area (Å²) in [6, 6.07) is 10.8. The van der Waals surface area contributed by atoms with E-state index in [9.17, 15) is 20.2 Å². The number of benzene rings is 2. The number of rotatable bonds is 6. The SMILES string of the molecule is CC(C)[C@@H](Nc1ccc([N+](=O)[O-])cc1[N+](=O)[O-])c1nc2ccccc2[nH]1. The molecule has 9 heteroatoms. The molecule has 0 aliphatic heterocycles. The van der Waals surface area contributed by atoms with Gasteiger partial charge in [-0.1, -0.05) is 26.0 Å². The number of aromatic nitrogens is 2. The van der Waals surface area contributed by atoms with Crippen LogP contribution in [0.4, 0.5) is 17.1 Å². The predicted molar refractivity (Wildman–Crippen MR) is 97.0 cm³/mol. The summed E-state index contributed by atoms with van der Waals surface area (Å²) in [6.07, 6.45) is 0. The zero-order valence-corrected chi connectivity index (χ0v) is 14.2. The van der Waals surface area contributed by atoms with E-state index in [1.807, 2.05) is 38.1 Å². The predicted octanol–water partition coefficient (Wildman–Crippen LogP) is 4.19. The van der Waals surface area contributed by atoms with Crippen molar-refractivity contribution < 1.29 is 9.85 Å². The minimum atomic E-state index is -0.657. The van der Waals surface area contributed by atoms with Gasteiger partial charge < -0.3 is 10.3 Å². The van der Waals surface area contributed by atoms with Gasteiger partial charge in [0.1, 0.15) is 11.5 Å². The number of fused-ring (bicyclic) bond motifs is 1. The Morgan fingerprint density at radius 3 is 2.42 bits per heavy atom. The van der Waals surface area contributed by atoms with Gasteiger partial charge in [0.2, 0.25) is 0 Å². The van der Waals surface area contributed by atoms with Gasteiger partial charge in [0.15, 0.2) is 0 Å². The van der Waals surface area contributed by atoms with E-state index in [0.717, 1.165) is 17.1 Å². The van der Waals surface area contributed by atoms with Crippen LogP contribution in [0.2, 0.25) is 0 Å². The van der Waals surface area contributed by atoms with Crippen molar-refractivity contribution >= 4 is 28.1 Å². The molecule has 0 saturated heterocycles. The standard InChI is InChI=1S/C17H17N5O4/c1-10(2)16(17-19-12-5-3-4-6-13(12)20-17)18-14-8-7-11(21(23)24)9-15(14)22(25)26/h3-10,16,18H,1-2H3,(H,19,20)/t16-/m1/s1. The molecule has 0 bridgehead atoms. The van der Waals surface area contributed by atoms with E-state index < -0.39 is 9.85 Å². The highest BCUT2D eigenvalue weighted by Crippen LogP contribution is 2.33. The highest BCUT2D eigenvalue weighted by atomic mass is 16.6. The molecule has 0 aliphatic carbocycles. The lowest BCUT2D eigenvalue weighted by Gasteiger charge is -2.21. The molecule has 9 nitrogen and oxygen atoms in total. The second-order valence-corrected chi connectivity index (χ2v) is 6.22. The van der Waals surface area contributed by atoms with Crippen LogP contribution in [0.3, 0.4) is 0 Å². The van der Waals surface area contributed by atoms with E-state index in [-0.39, 0.29) is 29.0 Å². The third kappa shape index (κ3) is 3.32. The van der Waals surface area contributed by atoms with Crippen LogP contribution >= 0.6 is 0 Å². The number of nitro benzene ring substituents is 2. The van der Waals surface area contributed by atoms with Crippen LogP contribution in [0.5, 0.6) is 0 Å². The van der Waals surface area contributed by atoms with Crippen LogP contribution in [-0.2, 0) is 0 Å². The number of para-hydroxylation sites is 2. The van der Waals surface area contributed by atoms with Gasteiger partial charge in [0.25, 0.3) is 11.4 Å². The van der Waals surface area contributed by atoms with Crippen LogP contribution in [0, 0.1) is 26.1 Å². The molecule has 3 rings (SSSR count). The molecule has 0 amide bonds. The molecular formula is C17H17N5O4. The fourth-order valence-corrected chi connectivity index (χ4v) is 2.74. The normalized spacial score (nSPS) is 12.3. The largest absolute Gasteiger partial charge is 0.369 e. The second-order valence-electron chi connectivity index (χ2n) is 6.22. The molecule has 0 saturated carbocycles. The number of nitrogens with one attached hydrogen (secondary N) is 2. The summed E-state index contributed by atoms with van der Waals surface area (Å²) in [5, 5.41) is 25.3. The van der Waals surface area contributed by atoms with Crippen LogP contribution in [-0.4, -0.2) is 19.8 Å². The summed E-state index contributed by atoms with van der Waals surface area (Å²) in [5.41, 5.74) is 1.20. The van der Waals surface area contributed by atoms with E-state index in [1.54, 1.807) is 0 Å². The van der Waals surface area contributed by atoms with Crippen molar-refractivity contribution in [3.63, 3.8) is 0 Å². The highest BCUT2D eigenvalue weighted by Gasteiger charge is 2.25. The molecule has 2 N–H and O–H groups in total. The van der Waals surface area contributed by atoms with E-state index in [4.69, 9.17) is 0 Å². The van der Waals surface area contributed by atoms with Crippen molar-refractivity contribution in [2.24, 2.45) is 5.92 Å². The number of nitrogens with zero attached hydrogens (tertiary/aromatic N) is 3. The molecule has 1 atom stereocenters. The fourth-order valence-electron chi connectivity index (χ4n) is 2.74. The first-order valence-electron chi connectivity index (χ1n) is 8.01. The molecule has 26 heavy (non-hydrogen) atoms. The summed E-state index contributed by atoms with van der Waals surface area (Å²) >= 11 is 0. The Kier molecular flexibility index (Phi) is 4.53. The molecular weight excluding hydrogens is 338 g/mol. The fraction of sp³-hybridized carbons (Fsp3) is 0.235. The lowest BCUT2D eigenvalue weighted by molar-refractivity contribution is -0.393. The summed E-state index contributed by atoms with van der Waals surface area (Å²) in [4.78, 5) is 28.7. The van der Waals surface area contributed by atoms with E-state index in [0.29, 0.717) is 5.82 Å². The number of non-ortho nitro benzene ring substituents is 1. The molecule has 1 aromatic heterocycles. The highest BCUT2D eigenvalue weighted by molar-refractivity contribution is 5.75. The third-order valence-corrected chi connectivity index (χ3v) is 4.07. The Bertz CT molecular complexity index is 949. The minimum Gasteiger partial charge on any atom is -0.369 e. The monoisotopic (exact) mass is 355 g/mol. The number of anilines is 1. The van der Waals surface area contributed by atoms with Crippen LogP contribution in [0.15, 0.2) is 42.5 Å². The van der Waals surface area contributed by atoms with Crippen molar-refractivity contribution in [2.75, 3.05) is 5.32 Å². The Balaban J connectivity index is 2.00. The first-order valence-corrected chi connectivity index (χ1v) is 8.01. The zero-order valence-electron chi connectivity index (χ0n) is 14.2. The number of hydrogen-bond donors (Lipinski definition) is 2. The Morgan fingerprint density at radius 1 is 1.08 bits per heavy atom. The lowest BCUT2D eigenvalue weighted by Crippen LogP contribution is -2.19. The molecule has 0 spiro atoms. The third-order valence-electron chi connectivity index (χ3n) is 4.07. The second kappa shape index (κ2) is 6.79. The maximum Gasteiger partial charge on any atom is 0.299 e. The van der Waals surface area contributed by atoms with Crippen LogP contribution < -0.4 is 5.32 Å². The van der Waals surface area contributed by atoms with Gasteiger partial charge in [-0.2, -0.15) is 0 Å². The van der Waals surface area contributed by atoms with E-state index in [2.05, 4.69) is 15.3 Å². The number of hydrogen-bond acceptors (Lipinski definition) is 6. The number of imidazole rings is 1. The number of H-pyrrole nitrogens is 1. The van der Waals surface area contributed by atoms with Crippen molar-refractivity contribution in [3.8, 4) is 0 Å². The van der Waals surface area contributed by atoms with Crippen molar-refractivity contribution in [3.05, 3.63) is 68.5 Å². The molecule has 3 aromatic rings. The molecule has 1 heterocycles. The van der Waals surface area contributed by atoms with E-state index >= 15 is 0 Å². The quantitative estimate of drug-likeness (QED) is 0.504. The van der Waals surface area contributed by atoms with E-state index in [1.165, 1.54) is 12.1 Å². The van der Waals surface area contributed by atoms with Gasteiger partial charge >= 0.3 is 0 Å². The maximum atomic E-state index is 11.3. The van der Waals surface area contributed by atoms with Crippen molar-refractivity contribution in [2.45, 2.75) is 19.9 Å². The zero-order chi connectivity index (χ0) is 18.8. The minimum absolute atomic E-state index is 0.0605. The lowest BCUT2D eigenvalue weighted by atomic mass is 10.0. The molecule has 0 radical (unpaired) electrons. The number of nitro groups is 2. The first kappa shape index (κ1) is 17.3. The number of aromatic amines is 1. The molecule has 2 aromatic carbocycles. The average molecular weight is 355 g/mol. The summed E-state index contributed by atoms with van der Waals surface area (Å²) < 4.78 is 0. The summed E-state index contributed by atoms with van der Waals surface area (Å²) in [7, 11) is 0. The molecule has 0 unspecified atom stereocenters. The summed E-state index contributed by atoms with van der Waals surface area (Å²) in [6.45, 7) is 3.92. The van der Waals surface area contributed by atoms with Gasteiger partial charge in [-0.25, -0.2) is 4.98 Å². The Morgan fingerprint density at radius 2 is 1.81 bits per heavy atom. The molecule has 0 fully saturated rings. The van der Waals surface area contributed by atoms with Gasteiger partial charge in [-0.3, -0.25) is 20.2 Å². The van der Waals surface area contributed by atoms with Crippen LogP contribution in [0.25, 0.3) is 11.0 Å². The smallest absolute Gasteiger partial charge is 0.299 e. The van der Waals surface area contributed by atoms with Crippen molar-refractivity contribution in [1.29, 1.82) is 0 Å². The van der Waals surface area contributed by atoms with Gasteiger partial charge in [0, 0.05) is 6.07 Å². The van der Waals surface area contributed by atoms with Gasteiger partial charge in [0.05, 0.1) is 33.0 Å². The Labute approximate surface area is 148 Å². The Hall–Kier alpha value is -3.49. The molecule has 0 aliphatic rings.